The number of nitrogens with two attached hydrogens (primary N) is 1. The number of hydrogen-bond acceptors (Lipinski definition) is 3. The molecule has 0 spiro atoms. The number of benzene rings is 2. The summed E-state index contributed by atoms with van der Waals surface area (Å²) in [5.74, 6) is 0.600. The maximum Gasteiger partial charge on any atom is 0.227 e. The van der Waals surface area contributed by atoms with Crippen LogP contribution in [0.25, 0.3) is 0 Å². The minimum Gasteiger partial charge on any atom is -0.493 e. The molecular formula is C15H15IN2O2. The Balaban J connectivity index is 1.78. The summed E-state index contributed by atoms with van der Waals surface area (Å²) in [6.07, 6.45) is 0.292. The van der Waals surface area contributed by atoms with Crippen molar-refractivity contribution in [2.75, 3.05) is 17.7 Å². The van der Waals surface area contributed by atoms with E-state index in [-0.39, 0.29) is 5.91 Å². The zero-order chi connectivity index (χ0) is 14.4. The number of hydrogen-bond donors (Lipinski definition) is 2. The van der Waals surface area contributed by atoms with E-state index in [9.17, 15) is 4.79 Å². The molecule has 0 unspecified atom stereocenters. The summed E-state index contributed by atoms with van der Waals surface area (Å²) < 4.78 is 6.56. The van der Waals surface area contributed by atoms with Gasteiger partial charge >= 0.3 is 0 Å². The van der Waals surface area contributed by atoms with Crippen molar-refractivity contribution in [2.24, 2.45) is 0 Å². The van der Waals surface area contributed by atoms with Crippen molar-refractivity contribution in [1.29, 1.82) is 0 Å². The third kappa shape index (κ3) is 4.73. The Labute approximate surface area is 131 Å². The predicted octanol–water partition coefficient (Wildman–Crippen LogP) is 3.28. The number of nitrogens with one attached hydrogen (secondary N) is 1. The minimum atomic E-state index is -0.0732. The van der Waals surface area contributed by atoms with Crippen LogP contribution in [0.3, 0.4) is 0 Å². The second kappa shape index (κ2) is 7.14. The van der Waals surface area contributed by atoms with Gasteiger partial charge in [-0.25, -0.2) is 0 Å². The summed E-state index contributed by atoms with van der Waals surface area (Å²) in [6.45, 7) is 0.319. The first-order valence-electron chi connectivity index (χ1n) is 6.17. The van der Waals surface area contributed by atoms with Gasteiger partial charge in [-0.05, 0) is 52.9 Å². The molecule has 0 saturated heterocycles. The van der Waals surface area contributed by atoms with E-state index in [0.29, 0.717) is 24.5 Å². The second-order valence-electron chi connectivity index (χ2n) is 4.23. The summed E-state index contributed by atoms with van der Waals surface area (Å²) >= 11 is 2.20. The lowest BCUT2D eigenvalue weighted by Gasteiger charge is -2.08. The molecule has 2 aromatic rings. The fraction of sp³-hybridized carbons (Fsp3) is 0.133. The van der Waals surface area contributed by atoms with Crippen LogP contribution in [0, 0.1) is 3.57 Å². The van der Waals surface area contributed by atoms with Crippen LogP contribution in [0.5, 0.6) is 5.75 Å². The monoisotopic (exact) mass is 382 g/mol. The number of ether oxygens (including phenoxy) is 1. The molecule has 0 bridgehead atoms. The zero-order valence-electron chi connectivity index (χ0n) is 10.8. The van der Waals surface area contributed by atoms with Crippen molar-refractivity contribution in [3.05, 3.63) is 52.1 Å². The Morgan fingerprint density at radius 2 is 2.00 bits per heavy atom. The summed E-state index contributed by atoms with van der Waals surface area (Å²) in [6, 6.07) is 14.8. The predicted molar refractivity (Wildman–Crippen MR) is 88.8 cm³/mol. The average Bonchev–Trinajstić information content (AvgIpc) is 2.38. The fourth-order valence-electron chi connectivity index (χ4n) is 1.66. The van der Waals surface area contributed by atoms with Gasteiger partial charge in [-0.15, -0.1) is 0 Å². The topological polar surface area (TPSA) is 64.3 Å². The lowest BCUT2D eigenvalue weighted by molar-refractivity contribution is -0.116. The highest BCUT2D eigenvalue weighted by molar-refractivity contribution is 14.1. The fourth-order valence-corrected chi connectivity index (χ4v) is 2.20. The molecule has 0 aliphatic rings. The Morgan fingerprint density at radius 3 is 2.75 bits per heavy atom. The van der Waals surface area contributed by atoms with Gasteiger partial charge in [-0.3, -0.25) is 4.79 Å². The van der Waals surface area contributed by atoms with Crippen LogP contribution in [0.4, 0.5) is 11.4 Å². The normalized spacial score (nSPS) is 10.1. The largest absolute Gasteiger partial charge is 0.493 e. The standard InChI is InChI=1S/C15H15IN2O2/c16-11-3-1-5-13(9-11)18-15(19)7-8-20-14-6-2-4-12(17)10-14/h1-6,9-10H,7-8,17H2,(H,18,19). The smallest absolute Gasteiger partial charge is 0.227 e. The molecule has 0 aromatic heterocycles. The molecule has 104 valence electrons. The highest BCUT2D eigenvalue weighted by atomic mass is 127. The number of halogens is 1. The molecule has 5 heteroatoms. The van der Waals surface area contributed by atoms with E-state index in [1.54, 1.807) is 12.1 Å². The van der Waals surface area contributed by atoms with E-state index in [2.05, 4.69) is 27.9 Å². The molecule has 0 heterocycles. The van der Waals surface area contributed by atoms with Crippen LogP contribution >= 0.6 is 22.6 Å². The molecule has 0 radical (unpaired) electrons. The van der Waals surface area contributed by atoms with E-state index < -0.39 is 0 Å². The SMILES string of the molecule is Nc1cccc(OCCC(=O)Nc2cccc(I)c2)c1. The van der Waals surface area contributed by atoms with Gasteiger partial charge in [0.25, 0.3) is 0 Å². The van der Waals surface area contributed by atoms with Crippen molar-refractivity contribution < 1.29 is 9.53 Å². The zero-order valence-corrected chi connectivity index (χ0v) is 13.0. The van der Waals surface area contributed by atoms with E-state index in [4.69, 9.17) is 10.5 Å². The van der Waals surface area contributed by atoms with Crippen LogP contribution < -0.4 is 15.8 Å². The number of amides is 1. The van der Waals surface area contributed by atoms with Crippen molar-refractivity contribution in [3.63, 3.8) is 0 Å². The Bertz CT molecular complexity index is 602. The second-order valence-corrected chi connectivity index (χ2v) is 5.48. The van der Waals surface area contributed by atoms with Gasteiger partial charge in [-0.1, -0.05) is 12.1 Å². The third-order valence-electron chi connectivity index (χ3n) is 2.56. The minimum absolute atomic E-state index is 0.0732. The highest BCUT2D eigenvalue weighted by Crippen LogP contribution is 2.15. The van der Waals surface area contributed by atoms with Crippen molar-refractivity contribution in [2.45, 2.75) is 6.42 Å². The van der Waals surface area contributed by atoms with E-state index in [0.717, 1.165) is 9.26 Å². The summed E-state index contributed by atoms with van der Waals surface area (Å²) in [5, 5.41) is 2.83. The lowest BCUT2D eigenvalue weighted by Crippen LogP contribution is -2.15. The Morgan fingerprint density at radius 1 is 1.20 bits per heavy atom. The van der Waals surface area contributed by atoms with Gasteiger partial charge in [0.05, 0.1) is 13.0 Å². The first-order valence-corrected chi connectivity index (χ1v) is 7.25. The van der Waals surface area contributed by atoms with Crippen molar-refractivity contribution in [3.8, 4) is 5.75 Å². The molecule has 20 heavy (non-hydrogen) atoms. The van der Waals surface area contributed by atoms with E-state index in [1.807, 2.05) is 36.4 Å². The van der Waals surface area contributed by atoms with Gasteiger partial charge in [0, 0.05) is 21.0 Å². The number of carbonyl (C=O) groups excluding carboxylic acids is 1. The Kier molecular flexibility index (Phi) is 5.23. The maximum atomic E-state index is 11.8. The average molecular weight is 382 g/mol. The van der Waals surface area contributed by atoms with E-state index >= 15 is 0 Å². The molecule has 2 rings (SSSR count). The number of carbonyl (C=O) groups is 1. The lowest BCUT2D eigenvalue weighted by atomic mass is 10.3. The quantitative estimate of drug-likeness (QED) is 0.616. The molecular weight excluding hydrogens is 367 g/mol. The molecule has 0 aliphatic heterocycles. The van der Waals surface area contributed by atoms with Gasteiger partial charge in [0.15, 0.2) is 0 Å². The van der Waals surface area contributed by atoms with Gasteiger partial charge in [0.1, 0.15) is 5.75 Å². The van der Waals surface area contributed by atoms with Crippen LogP contribution in [-0.2, 0) is 4.79 Å². The molecule has 0 saturated carbocycles. The Hall–Kier alpha value is -1.76. The molecule has 3 N–H and O–H groups in total. The first-order chi connectivity index (χ1) is 9.63. The molecule has 0 fully saturated rings. The third-order valence-corrected chi connectivity index (χ3v) is 3.24. The molecule has 4 nitrogen and oxygen atoms in total. The van der Waals surface area contributed by atoms with Gasteiger partial charge in [0.2, 0.25) is 5.91 Å². The first kappa shape index (κ1) is 14.6. The van der Waals surface area contributed by atoms with Gasteiger partial charge < -0.3 is 15.8 Å². The van der Waals surface area contributed by atoms with Crippen LogP contribution in [0.15, 0.2) is 48.5 Å². The number of rotatable bonds is 5. The summed E-state index contributed by atoms with van der Waals surface area (Å²) in [5.41, 5.74) is 7.09. The maximum absolute atomic E-state index is 11.8. The summed E-state index contributed by atoms with van der Waals surface area (Å²) in [7, 11) is 0. The molecule has 0 aliphatic carbocycles. The molecule has 1 amide bonds. The van der Waals surface area contributed by atoms with Crippen LogP contribution in [-0.4, -0.2) is 12.5 Å². The van der Waals surface area contributed by atoms with Crippen LogP contribution in [0.2, 0.25) is 0 Å². The van der Waals surface area contributed by atoms with Crippen molar-refractivity contribution >= 4 is 39.9 Å². The van der Waals surface area contributed by atoms with Crippen LogP contribution in [0.1, 0.15) is 6.42 Å². The summed E-state index contributed by atoms with van der Waals surface area (Å²) in [4.78, 5) is 11.8. The molecule has 2 aromatic carbocycles. The number of anilines is 2. The number of nitrogen functional groups attached to an aromatic ring is 1. The molecule has 0 atom stereocenters. The van der Waals surface area contributed by atoms with E-state index in [1.165, 1.54) is 0 Å². The highest BCUT2D eigenvalue weighted by Gasteiger charge is 2.03. The van der Waals surface area contributed by atoms with Gasteiger partial charge in [-0.2, -0.15) is 0 Å². The van der Waals surface area contributed by atoms with Crippen molar-refractivity contribution in [1.82, 2.24) is 0 Å².